The first-order valence-corrected chi connectivity index (χ1v) is 13.8. The number of thioether (sulfide) groups is 1. The van der Waals surface area contributed by atoms with Crippen molar-refractivity contribution in [3.8, 4) is 28.6 Å². The predicted octanol–water partition coefficient (Wildman–Crippen LogP) is 6.90. The number of aromatic amines is 1. The zero-order valence-corrected chi connectivity index (χ0v) is 23.5. The van der Waals surface area contributed by atoms with Crippen LogP contribution in [0.5, 0.6) is 0 Å². The van der Waals surface area contributed by atoms with Gasteiger partial charge in [-0.05, 0) is 40.2 Å². The molecule has 0 fully saturated rings. The van der Waals surface area contributed by atoms with E-state index in [9.17, 15) is 14.9 Å². The van der Waals surface area contributed by atoms with E-state index in [0.29, 0.717) is 20.6 Å². The van der Waals surface area contributed by atoms with Gasteiger partial charge in [-0.15, -0.1) is 11.3 Å². The molecule has 2 heterocycles. The third-order valence-electron chi connectivity index (χ3n) is 5.96. The highest BCUT2D eigenvalue weighted by Crippen LogP contribution is 2.36. The third-order valence-corrected chi connectivity index (χ3v) is 8.13. The summed E-state index contributed by atoms with van der Waals surface area (Å²) < 4.78 is 5.09. The Morgan fingerprint density at radius 1 is 1.08 bits per heavy atom. The van der Waals surface area contributed by atoms with Gasteiger partial charge in [0.25, 0.3) is 0 Å². The highest BCUT2D eigenvalue weighted by molar-refractivity contribution is 8.00. The first kappa shape index (κ1) is 27.2. The number of nitrogens with zero attached hydrogens (tertiary/aromatic N) is 2. The molecule has 0 aliphatic carbocycles. The van der Waals surface area contributed by atoms with E-state index in [1.54, 1.807) is 20.8 Å². The number of nitrogens with one attached hydrogen (secondary N) is 2. The molecule has 0 spiro atoms. The lowest BCUT2D eigenvalue weighted by Gasteiger charge is -2.09. The lowest BCUT2D eigenvalue weighted by Crippen LogP contribution is -2.22. The van der Waals surface area contributed by atoms with Crippen molar-refractivity contribution in [2.24, 2.45) is 0 Å². The SMILES string of the molecule is CCOC(=O)c1sc(NC(=O)C(C)Sc2nc(-c3ccc(C)cc3)c(-c3ccc(C)cc3)[nH]2)c(C#N)c1C. The Bertz CT molecular complexity index is 1450. The molecule has 1 unspecified atom stereocenters. The fourth-order valence-electron chi connectivity index (χ4n) is 3.82. The van der Waals surface area contributed by atoms with Gasteiger partial charge in [0.05, 0.1) is 28.8 Å². The van der Waals surface area contributed by atoms with Gasteiger partial charge < -0.3 is 15.0 Å². The van der Waals surface area contributed by atoms with E-state index in [0.717, 1.165) is 45.0 Å². The Morgan fingerprint density at radius 2 is 1.68 bits per heavy atom. The Balaban J connectivity index is 1.59. The Morgan fingerprint density at radius 3 is 2.26 bits per heavy atom. The van der Waals surface area contributed by atoms with Crippen LogP contribution in [-0.4, -0.2) is 33.7 Å². The number of nitriles is 1. The van der Waals surface area contributed by atoms with E-state index in [4.69, 9.17) is 9.72 Å². The first-order valence-electron chi connectivity index (χ1n) is 12.1. The molecule has 4 rings (SSSR count). The molecule has 4 aromatic rings. The number of ether oxygens (including phenoxy) is 1. The number of aromatic nitrogens is 2. The number of esters is 1. The molecule has 1 atom stereocenters. The van der Waals surface area contributed by atoms with E-state index < -0.39 is 11.2 Å². The molecule has 0 saturated heterocycles. The van der Waals surface area contributed by atoms with Gasteiger partial charge in [0.15, 0.2) is 5.16 Å². The normalized spacial score (nSPS) is 11.6. The summed E-state index contributed by atoms with van der Waals surface area (Å²) in [4.78, 5) is 33.9. The smallest absolute Gasteiger partial charge is 0.348 e. The molecular formula is C29H28N4O3S2. The van der Waals surface area contributed by atoms with E-state index in [2.05, 4.69) is 40.6 Å². The van der Waals surface area contributed by atoms with Gasteiger partial charge in [-0.1, -0.05) is 71.4 Å². The second kappa shape index (κ2) is 11.7. The summed E-state index contributed by atoms with van der Waals surface area (Å²) >= 11 is 2.34. The van der Waals surface area contributed by atoms with Crippen LogP contribution < -0.4 is 5.32 Å². The van der Waals surface area contributed by atoms with Crippen molar-refractivity contribution in [2.45, 2.75) is 45.0 Å². The number of H-pyrrole nitrogens is 1. The van der Waals surface area contributed by atoms with E-state index in [1.165, 1.54) is 11.8 Å². The molecule has 7 nitrogen and oxygen atoms in total. The van der Waals surface area contributed by atoms with Gasteiger partial charge in [0.1, 0.15) is 15.9 Å². The molecule has 0 aliphatic rings. The van der Waals surface area contributed by atoms with Gasteiger partial charge in [0.2, 0.25) is 5.91 Å². The summed E-state index contributed by atoms with van der Waals surface area (Å²) in [6.45, 7) is 9.49. The van der Waals surface area contributed by atoms with Crippen molar-refractivity contribution in [3.63, 3.8) is 0 Å². The highest BCUT2D eigenvalue weighted by atomic mass is 32.2. The number of aryl methyl sites for hydroxylation is 2. The molecule has 0 saturated carbocycles. The van der Waals surface area contributed by atoms with Crippen molar-refractivity contribution in [1.29, 1.82) is 5.26 Å². The molecule has 194 valence electrons. The number of carbonyl (C=O) groups excluding carboxylic acids is 2. The van der Waals surface area contributed by atoms with Crippen LogP contribution in [0, 0.1) is 32.1 Å². The summed E-state index contributed by atoms with van der Waals surface area (Å²) in [6.07, 6.45) is 0. The van der Waals surface area contributed by atoms with Gasteiger partial charge in [0, 0.05) is 11.1 Å². The van der Waals surface area contributed by atoms with Gasteiger partial charge in [-0.25, -0.2) is 9.78 Å². The van der Waals surface area contributed by atoms with Crippen LogP contribution in [-0.2, 0) is 9.53 Å². The number of benzene rings is 2. The second-order valence-electron chi connectivity index (χ2n) is 8.84. The largest absolute Gasteiger partial charge is 0.462 e. The van der Waals surface area contributed by atoms with Crippen LogP contribution in [0.3, 0.4) is 0 Å². The summed E-state index contributed by atoms with van der Waals surface area (Å²) in [5.74, 6) is -0.800. The molecule has 2 aromatic carbocycles. The standard InChI is InChI=1S/C29H28N4O3S2/c1-6-36-28(35)25-18(4)22(15-30)27(38-25)33-26(34)19(5)37-29-31-23(20-11-7-16(2)8-12-20)24(32-29)21-13-9-17(3)10-14-21/h7-14,19H,6H2,1-5H3,(H,31,32)(H,33,34). The molecule has 9 heteroatoms. The summed E-state index contributed by atoms with van der Waals surface area (Å²) in [7, 11) is 0. The van der Waals surface area contributed by atoms with E-state index in [1.807, 2.05) is 38.1 Å². The number of thiophene rings is 1. The minimum Gasteiger partial charge on any atom is -0.462 e. The quantitative estimate of drug-likeness (QED) is 0.185. The van der Waals surface area contributed by atoms with E-state index in [-0.39, 0.29) is 18.1 Å². The molecule has 1 amide bonds. The van der Waals surface area contributed by atoms with Crippen molar-refractivity contribution in [3.05, 3.63) is 75.7 Å². The van der Waals surface area contributed by atoms with Crippen molar-refractivity contribution < 1.29 is 14.3 Å². The Labute approximate surface area is 230 Å². The second-order valence-corrected chi connectivity index (χ2v) is 11.2. The monoisotopic (exact) mass is 544 g/mol. The molecule has 0 aliphatic heterocycles. The maximum Gasteiger partial charge on any atom is 0.348 e. The van der Waals surface area contributed by atoms with Crippen LogP contribution in [0.15, 0.2) is 53.7 Å². The van der Waals surface area contributed by atoms with Crippen LogP contribution in [0.25, 0.3) is 22.5 Å². The molecule has 0 radical (unpaired) electrons. The summed E-state index contributed by atoms with van der Waals surface area (Å²) in [6, 6.07) is 18.5. The third kappa shape index (κ3) is 5.82. The topological polar surface area (TPSA) is 108 Å². The lowest BCUT2D eigenvalue weighted by molar-refractivity contribution is -0.115. The minimum atomic E-state index is -0.530. The maximum absolute atomic E-state index is 13.1. The van der Waals surface area contributed by atoms with Crippen LogP contribution in [0.1, 0.15) is 45.8 Å². The Kier molecular flexibility index (Phi) is 8.35. The highest BCUT2D eigenvalue weighted by Gasteiger charge is 2.25. The van der Waals surface area contributed by atoms with Gasteiger partial charge in [-0.3, -0.25) is 4.79 Å². The number of imidazole rings is 1. The van der Waals surface area contributed by atoms with Gasteiger partial charge >= 0.3 is 5.97 Å². The van der Waals surface area contributed by atoms with Crippen LogP contribution in [0.2, 0.25) is 0 Å². The number of anilines is 1. The Hall–Kier alpha value is -3.87. The number of hydrogen-bond donors (Lipinski definition) is 2. The summed E-state index contributed by atoms with van der Waals surface area (Å²) in [5.41, 5.74) is 6.76. The zero-order valence-electron chi connectivity index (χ0n) is 21.8. The molecule has 0 bridgehead atoms. The predicted molar refractivity (Wildman–Crippen MR) is 153 cm³/mol. The average molecular weight is 545 g/mol. The maximum atomic E-state index is 13.1. The van der Waals surface area contributed by atoms with Crippen molar-refractivity contribution in [2.75, 3.05) is 11.9 Å². The number of carbonyl (C=O) groups is 2. The number of hydrogen-bond acceptors (Lipinski definition) is 7. The molecular weight excluding hydrogens is 516 g/mol. The van der Waals surface area contributed by atoms with Crippen molar-refractivity contribution >= 4 is 40.0 Å². The number of amides is 1. The van der Waals surface area contributed by atoms with Gasteiger partial charge in [-0.2, -0.15) is 5.26 Å². The van der Waals surface area contributed by atoms with Crippen molar-refractivity contribution in [1.82, 2.24) is 9.97 Å². The first-order chi connectivity index (χ1) is 18.2. The average Bonchev–Trinajstić information content (AvgIpc) is 3.45. The fraction of sp³-hybridized carbons (Fsp3) is 0.241. The number of rotatable bonds is 8. The summed E-state index contributed by atoms with van der Waals surface area (Å²) in [5, 5.41) is 12.9. The van der Waals surface area contributed by atoms with E-state index >= 15 is 0 Å². The van der Waals surface area contributed by atoms with Crippen LogP contribution in [0.4, 0.5) is 5.00 Å². The fourth-order valence-corrected chi connectivity index (χ4v) is 5.68. The van der Waals surface area contributed by atoms with Crippen LogP contribution >= 0.6 is 23.1 Å². The minimum absolute atomic E-state index is 0.228. The molecule has 2 aromatic heterocycles. The molecule has 2 N–H and O–H groups in total. The molecule has 38 heavy (non-hydrogen) atoms. The lowest BCUT2D eigenvalue weighted by atomic mass is 10.0. The zero-order chi connectivity index (χ0) is 27.4.